The summed E-state index contributed by atoms with van der Waals surface area (Å²) in [6.07, 6.45) is 8.17. The molecule has 0 spiro atoms. The quantitative estimate of drug-likeness (QED) is 0.939. The summed E-state index contributed by atoms with van der Waals surface area (Å²) >= 11 is 0. The molecule has 0 aliphatic carbocycles. The maximum atomic E-state index is 10.4. The molecule has 1 fully saturated rings. The second-order valence-corrected chi connectivity index (χ2v) is 5.93. The number of aromatic nitrogens is 2. The lowest BCUT2D eigenvalue weighted by atomic mass is 10.0. The van der Waals surface area contributed by atoms with Gasteiger partial charge in [-0.05, 0) is 38.0 Å². The minimum Gasteiger partial charge on any atom is -0.467 e. The number of aliphatic hydroxyl groups is 1. The highest BCUT2D eigenvalue weighted by Crippen LogP contribution is 2.29. The molecule has 2 aromatic rings. The number of furan rings is 1. The van der Waals surface area contributed by atoms with Gasteiger partial charge in [0.15, 0.2) is 0 Å². The van der Waals surface area contributed by atoms with Crippen LogP contribution >= 0.6 is 0 Å². The molecule has 0 amide bonds. The average Bonchev–Trinajstić information content (AvgIpc) is 2.95. The van der Waals surface area contributed by atoms with Crippen molar-refractivity contribution < 1.29 is 9.52 Å². The van der Waals surface area contributed by atoms with Gasteiger partial charge in [-0.3, -0.25) is 0 Å². The highest BCUT2D eigenvalue weighted by atomic mass is 16.4. The topological polar surface area (TPSA) is 62.4 Å². The van der Waals surface area contributed by atoms with Crippen LogP contribution in [-0.4, -0.2) is 27.7 Å². The maximum Gasteiger partial charge on any atom is 0.132 e. The molecule has 118 valence electrons. The molecule has 3 rings (SSSR count). The fourth-order valence-electron chi connectivity index (χ4n) is 3.18. The second kappa shape index (κ2) is 6.92. The van der Waals surface area contributed by atoms with E-state index in [0.29, 0.717) is 12.2 Å². The third-order valence-electron chi connectivity index (χ3n) is 4.30. The van der Waals surface area contributed by atoms with Crippen molar-refractivity contribution in [2.75, 3.05) is 11.4 Å². The van der Waals surface area contributed by atoms with Gasteiger partial charge in [0, 0.05) is 25.2 Å². The number of aryl methyl sites for hydroxylation is 1. The van der Waals surface area contributed by atoms with E-state index in [0.717, 1.165) is 31.0 Å². The summed E-state index contributed by atoms with van der Waals surface area (Å²) in [6, 6.07) is 5.89. The van der Waals surface area contributed by atoms with Crippen molar-refractivity contribution in [2.45, 2.75) is 51.2 Å². The Hall–Kier alpha value is -1.88. The molecule has 0 bridgehead atoms. The predicted molar refractivity (Wildman–Crippen MR) is 84.7 cm³/mol. The maximum absolute atomic E-state index is 10.4. The van der Waals surface area contributed by atoms with Crippen LogP contribution in [0.4, 0.5) is 5.82 Å². The van der Waals surface area contributed by atoms with Gasteiger partial charge in [-0.25, -0.2) is 9.97 Å². The first-order valence-electron chi connectivity index (χ1n) is 8.02. The van der Waals surface area contributed by atoms with Crippen molar-refractivity contribution in [2.24, 2.45) is 0 Å². The van der Waals surface area contributed by atoms with Crippen LogP contribution in [0.15, 0.2) is 35.1 Å². The van der Waals surface area contributed by atoms with Crippen molar-refractivity contribution in [3.8, 4) is 0 Å². The van der Waals surface area contributed by atoms with E-state index in [2.05, 4.69) is 14.9 Å². The fraction of sp³-hybridized carbons (Fsp3) is 0.529. The largest absolute Gasteiger partial charge is 0.467 e. The molecular weight excluding hydrogens is 278 g/mol. The Bertz CT molecular complexity index is 585. The van der Waals surface area contributed by atoms with E-state index in [-0.39, 0.29) is 6.04 Å². The van der Waals surface area contributed by atoms with Gasteiger partial charge >= 0.3 is 0 Å². The van der Waals surface area contributed by atoms with E-state index in [1.165, 1.54) is 12.8 Å². The van der Waals surface area contributed by atoms with Gasteiger partial charge in [-0.1, -0.05) is 12.8 Å². The van der Waals surface area contributed by atoms with Crippen LogP contribution in [0.5, 0.6) is 0 Å². The highest BCUT2D eigenvalue weighted by Gasteiger charge is 2.26. The third-order valence-corrected chi connectivity index (χ3v) is 4.30. The Labute approximate surface area is 131 Å². The van der Waals surface area contributed by atoms with Gasteiger partial charge in [-0.2, -0.15) is 0 Å². The molecule has 1 aliphatic rings. The second-order valence-electron chi connectivity index (χ2n) is 5.93. The van der Waals surface area contributed by atoms with Gasteiger partial charge in [0.2, 0.25) is 0 Å². The zero-order valence-electron chi connectivity index (χ0n) is 13.0. The van der Waals surface area contributed by atoms with Crippen LogP contribution in [0.2, 0.25) is 0 Å². The van der Waals surface area contributed by atoms with Crippen molar-refractivity contribution in [1.29, 1.82) is 0 Å². The van der Waals surface area contributed by atoms with Crippen LogP contribution in [0, 0.1) is 6.92 Å². The van der Waals surface area contributed by atoms with Gasteiger partial charge in [0.05, 0.1) is 6.26 Å². The Morgan fingerprint density at radius 2 is 2.27 bits per heavy atom. The summed E-state index contributed by atoms with van der Waals surface area (Å²) in [6.45, 7) is 2.89. The van der Waals surface area contributed by atoms with E-state index in [9.17, 15) is 5.11 Å². The van der Waals surface area contributed by atoms with Gasteiger partial charge in [0.1, 0.15) is 23.5 Å². The summed E-state index contributed by atoms with van der Waals surface area (Å²) < 4.78 is 5.33. The summed E-state index contributed by atoms with van der Waals surface area (Å²) in [7, 11) is 0. The first-order chi connectivity index (χ1) is 10.7. The van der Waals surface area contributed by atoms with Gasteiger partial charge < -0.3 is 14.4 Å². The number of anilines is 1. The van der Waals surface area contributed by atoms with Crippen LogP contribution in [0.3, 0.4) is 0 Å². The third kappa shape index (κ3) is 3.47. The predicted octanol–water partition coefficient (Wildman–Crippen LogP) is 3.25. The van der Waals surface area contributed by atoms with Crippen molar-refractivity contribution in [1.82, 2.24) is 9.97 Å². The number of rotatable bonds is 4. The zero-order valence-corrected chi connectivity index (χ0v) is 13.0. The van der Waals surface area contributed by atoms with Crippen LogP contribution in [-0.2, 0) is 0 Å². The molecule has 2 unspecified atom stereocenters. The molecule has 5 heteroatoms. The number of aliphatic hydroxyl groups excluding tert-OH is 1. The normalized spacial score (nSPS) is 20.6. The Morgan fingerprint density at radius 3 is 3.05 bits per heavy atom. The minimum atomic E-state index is -0.566. The van der Waals surface area contributed by atoms with Gasteiger partial charge in [-0.15, -0.1) is 0 Å². The molecule has 22 heavy (non-hydrogen) atoms. The monoisotopic (exact) mass is 301 g/mol. The van der Waals surface area contributed by atoms with E-state index in [4.69, 9.17) is 4.42 Å². The number of nitrogens with zero attached hydrogens (tertiary/aromatic N) is 3. The smallest absolute Gasteiger partial charge is 0.132 e. The van der Waals surface area contributed by atoms with Crippen molar-refractivity contribution in [3.05, 3.63) is 42.2 Å². The molecule has 0 aromatic carbocycles. The molecule has 1 aliphatic heterocycles. The van der Waals surface area contributed by atoms with Crippen molar-refractivity contribution in [3.63, 3.8) is 0 Å². The van der Waals surface area contributed by atoms with E-state index in [1.807, 2.05) is 31.3 Å². The lowest BCUT2D eigenvalue weighted by molar-refractivity contribution is 0.129. The molecule has 1 N–H and O–H groups in total. The Kier molecular flexibility index (Phi) is 4.73. The van der Waals surface area contributed by atoms with E-state index < -0.39 is 6.10 Å². The Morgan fingerprint density at radius 1 is 1.36 bits per heavy atom. The van der Waals surface area contributed by atoms with E-state index in [1.54, 1.807) is 6.26 Å². The number of hydrogen-bond acceptors (Lipinski definition) is 5. The van der Waals surface area contributed by atoms with E-state index >= 15 is 0 Å². The number of hydrogen-bond donors (Lipinski definition) is 1. The van der Waals surface area contributed by atoms with Crippen LogP contribution in [0.1, 0.15) is 49.8 Å². The molecule has 5 nitrogen and oxygen atoms in total. The molecule has 0 radical (unpaired) electrons. The first-order valence-corrected chi connectivity index (χ1v) is 8.02. The molecule has 0 saturated carbocycles. The average molecular weight is 301 g/mol. The standard InChI is InChI=1S/C17H23N3O2/c1-13-18-9-8-17(19-13)20-10-4-2-3-6-14(20)12-15(21)16-7-5-11-22-16/h5,7-9,11,14-15,21H,2-4,6,10,12H2,1H3. The minimum absolute atomic E-state index is 0.275. The summed E-state index contributed by atoms with van der Waals surface area (Å²) in [4.78, 5) is 11.1. The van der Waals surface area contributed by atoms with Crippen LogP contribution in [0.25, 0.3) is 0 Å². The molecule has 2 atom stereocenters. The van der Waals surface area contributed by atoms with Crippen LogP contribution < -0.4 is 4.90 Å². The van der Waals surface area contributed by atoms with Crippen molar-refractivity contribution >= 4 is 5.82 Å². The lowest BCUT2D eigenvalue weighted by Gasteiger charge is -2.32. The summed E-state index contributed by atoms with van der Waals surface area (Å²) in [5.74, 6) is 2.39. The Balaban J connectivity index is 1.79. The molecular formula is C17H23N3O2. The molecule has 1 saturated heterocycles. The first kappa shape index (κ1) is 15.0. The zero-order chi connectivity index (χ0) is 15.4. The summed E-state index contributed by atoms with van der Waals surface area (Å²) in [5, 5.41) is 10.4. The SMILES string of the molecule is Cc1nccc(N2CCCCCC2CC(O)c2ccco2)n1. The summed E-state index contributed by atoms with van der Waals surface area (Å²) in [5.41, 5.74) is 0. The van der Waals surface area contributed by atoms with Gasteiger partial charge in [0.25, 0.3) is 0 Å². The molecule has 3 heterocycles. The lowest BCUT2D eigenvalue weighted by Crippen LogP contribution is -2.36. The fourth-order valence-corrected chi connectivity index (χ4v) is 3.18. The molecule has 2 aromatic heterocycles. The highest BCUT2D eigenvalue weighted by molar-refractivity contribution is 5.39.